The quantitative estimate of drug-likeness (QED) is 0.173. The molecule has 5 heterocycles. The average molecular weight is 919 g/mol. The molecule has 0 aliphatic heterocycles. The van der Waals surface area contributed by atoms with Crippen molar-refractivity contribution in [3.05, 3.63) is 206 Å². The smallest absolute Gasteiger partial charge is 0.164 e. The van der Waals surface area contributed by atoms with Gasteiger partial charge in [-0.15, -0.1) is 34.0 Å². The minimum atomic E-state index is 0.627. The molecule has 0 N–H and O–H groups in total. The van der Waals surface area contributed by atoms with Crippen molar-refractivity contribution in [2.75, 3.05) is 0 Å². The van der Waals surface area contributed by atoms with E-state index in [1.807, 2.05) is 34.0 Å². The van der Waals surface area contributed by atoms with Gasteiger partial charge in [-0.2, -0.15) is 0 Å². The van der Waals surface area contributed by atoms with E-state index < -0.39 is 0 Å². The van der Waals surface area contributed by atoms with E-state index in [9.17, 15) is 0 Å². The summed E-state index contributed by atoms with van der Waals surface area (Å²) in [6.45, 7) is 0. The normalized spacial score (nSPS) is 12.1. The Bertz CT molecular complexity index is 4460. The van der Waals surface area contributed by atoms with Crippen LogP contribution in [0.5, 0.6) is 0 Å². The summed E-state index contributed by atoms with van der Waals surface area (Å²) in [5.74, 6) is 1.92. The third kappa shape index (κ3) is 5.86. The van der Waals surface area contributed by atoms with Crippen molar-refractivity contribution in [2.45, 2.75) is 0 Å². The number of hydrogen-bond acceptors (Lipinski definition) is 6. The molecule has 0 atom stereocenters. The monoisotopic (exact) mass is 918 g/mol. The minimum Gasteiger partial charge on any atom is -0.309 e. The maximum absolute atomic E-state index is 5.38. The second kappa shape index (κ2) is 14.7. The van der Waals surface area contributed by atoms with Gasteiger partial charge in [0.05, 0.1) is 16.7 Å². The van der Waals surface area contributed by atoms with E-state index in [2.05, 4.69) is 211 Å². The molecule has 15 rings (SSSR count). The van der Waals surface area contributed by atoms with E-state index in [1.165, 1.54) is 87.6 Å². The third-order valence-corrected chi connectivity index (χ3v) is 17.0. The molecule has 15 aromatic rings. The van der Waals surface area contributed by atoms with Gasteiger partial charge in [-0.25, -0.2) is 15.0 Å². The summed E-state index contributed by atoms with van der Waals surface area (Å²) >= 11 is 5.46. The van der Waals surface area contributed by atoms with E-state index in [-0.39, 0.29) is 0 Å². The summed E-state index contributed by atoms with van der Waals surface area (Å²) in [6.07, 6.45) is 0. The van der Waals surface area contributed by atoms with E-state index in [0.717, 1.165) is 39.0 Å². The molecule has 0 unspecified atom stereocenters. The van der Waals surface area contributed by atoms with Crippen LogP contribution in [-0.2, 0) is 0 Å². The topological polar surface area (TPSA) is 43.6 Å². The fourth-order valence-corrected chi connectivity index (χ4v) is 13.8. The third-order valence-electron chi connectivity index (χ3n) is 13.6. The zero-order valence-corrected chi connectivity index (χ0v) is 38.6. The fraction of sp³-hybridized carbons (Fsp3) is 0. The summed E-state index contributed by atoms with van der Waals surface area (Å²) in [5, 5.41) is 12.5. The summed E-state index contributed by atoms with van der Waals surface area (Å²) in [6, 6.07) is 75.2. The van der Waals surface area contributed by atoms with Crippen molar-refractivity contribution < 1.29 is 0 Å². The van der Waals surface area contributed by atoms with Gasteiger partial charge in [-0.1, -0.05) is 133 Å². The van der Waals surface area contributed by atoms with Crippen molar-refractivity contribution in [2.24, 2.45) is 0 Å². The maximum Gasteiger partial charge on any atom is 0.164 e. The number of fused-ring (bicyclic) bond motifs is 13. The predicted octanol–water partition coefficient (Wildman–Crippen LogP) is 17.9. The van der Waals surface area contributed by atoms with Crippen LogP contribution < -0.4 is 0 Å². The molecule has 0 aliphatic carbocycles. The van der Waals surface area contributed by atoms with Crippen molar-refractivity contribution in [3.8, 4) is 51.0 Å². The van der Waals surface area contributed by atoms with Crippen molar-refractivity contribution in [1.29, 1.82) is 0 Å². The zero-order valence-electron chi connectivity index (χ0n) is 36.1. The van der Waals surface area contributed by atoms with Crippen LogP contribution in [0.15, 0.2) is 206 Å². The van der Waals surface area contributed by atoms with Gasteiger partial charge in [0.15, 0.2) is 17.5 Å². The minimum absolute atomic E-state index is 0.627. The molecule has 7 heteroatoms. The Hall–Kier alpha value is -8.07. The molecule has 5 aromatic heterocycles. The Morgan fingerprint density at radius 2 is 0.691 bits per heavy atom. The Morgan fingerprint density at radius 3 is 1.25 bits per heavy atom. The number of thiophene rings is 3. The predicted molar refractivity (Wildman–Crippen MR) is 292 cm³/mol. The number of aromatic nitrogens is 4. The fourth-order valence-electron chi connectivity index (χ4n) is 10.4. The number of rotatable bonds is 5. The lowest BCUT2D eigenvalue weighted by Crippen LogP contribution is -2.02. The first-order valence-electron chi connectivity index (χ1n) is 22.7. The molecule has 0 fully saturated rings. The second-order valence-corrected chi connectivity index (χ2v) is 20.8. The van der Waals surface area contributed by atoms with E-state index >= 15 is 0 Å². The molecule has 0 bridgehead atoms. The molecule has 0 aliphatic rings. The molecular formula is C61H34N4S3. The first-order valence-corrected chi connectivity index (χ1v) is 25.2. The molecule has 0 amide bonds. The van der Waals surface area contributed by atoms with E-state index in [1.54, 1.807) is 0 Å². The van der Waals surface area contributed by atoms with Gasteiger partial charge >= 0.3 is 0 Å². The van der Waals surface area contributed by atoms with Crippen LogP contribution in [0.4, 0.5) is 0 Å². The second-order valence-electron chi connectivity index (χ2n) is 17.5. The van der Waals surface area contributed by atoms with E-state index in [4.69, 9.17) is 15.0 Å². The van der Waals surface area contributed by atoms with Crippen LogP contribution in [0.25, 0.3) is 144 Å². The van der Waals surface area contributed by atoms with Gasteiger partial charge in [-0.05, 0) is 89.1 Å². The molecule has 68 heavy (non-hydrogen) atoms. The van der Waals surface area contributed by atoms with Gasteiger partial charge in [-0.3, -0.25) is 0 Å². The standard InChI is InChI=1S/C61H34N4S3/c1-2-12-36-31-52-49(29-35(36)11-1)41-13-3-7-17-50(41)65(52)51-28-24-38(30-48(51)37-21-25-45-42-14-4-8-18-53(42)66-56(45)32-37)59-62-60(39-22-26-46-43-15-5-9-19-54(43)67-57(46)33-39)64-61(63-59)40-23-27-47-44-16-6-10-20-55(44)68-58(47)34-40/h1-34H. The summed E-state index contributed by atoms with van der Waals surface area (Å²) in [7, 11) is 0. The highest BCUT2D eigenvalue weighted by atomic mass is 32.1. The lowest BCUT2D eigenvalue weighted by Gasteiger charge is -2.16. The Balaban J connectivity index is 0.981. The van der Waals surface area contributed by atoms with E-state index in [0.29, 0.717) is 17.5 Å². The first kappa shape index (κ1) is 38.1. The highest BCUT2D eigenvalue weighted by Crippen LogP contribution is 2.43. The number of hydrogen-bond donors (Lipinski definition) is 0. The van der Waals surface area contributed by atoms with Crippen LogP contribution in [0.3, 0.4) is 0 Å². The molecule has 10 aromatic carbocycles. The van der Waals surface area contributed by atoms with Gasteiger partial charge in [0, 0.05) is 93.5 Å². The molecule has 0 saturated heterocycles. The van der Waals surface area contributed by atoms with Crippen LogP contribution in [0.2, 0.25) is 0 Å². The Morgan fingerprint density at radius 1 is 0.279 bits per heavy atom. The Labute approximate surface area is 401 Å². The van der Waals surface area contributed by atoms with Crippen LogP contribution in [0, 0.1) is 0 Å². The number of nitrogens with zero attached hydrogens (tertiary/aromatic N) is 4. The van der Waals surface area contributed by atoms with Gasteiger partial charge in [0.25, 0.3) is 0 Å². The number of para-hydroxylation sites is 1. The van der Waals surface area contributed by atoms with Crippen LogP contribution in [0.1, 0.15) is 0 Å². The van der Waals surface area contributed by atoms with Gasteiger partial charge in [0.2, 0.25) is 0 Å². The molecule has 0 spiro atoms. The highest BCUT2D eigenvalue weighted by molar-refractivity contribution is 7.26. The van der Waals surface area contributed by atoms with Gasteiger partial charge in [0.1, 0.15) is 0 Å². The zero-order chi connectivity index (χ0) is 44.5. The molecule has 0 saturated carbocycles. The van der Waals surface area contributed by atoms with Gasteiger partial charge < -0.3 is 4.57 Å². The lowest BCUT2D eigenvalue weighted by atomic mass is 9.98. The van der Waals surface area contributed by atoms with Crippen LogP contribution >= 0.6 is 34.0 Å². The largest absolute Gasteiger partial charge is 0.309 e. The lowest BCUT2D eigenvalue weighted by molar-refractivity contribution is 1.07. The summed E-state index contributed by atoms with van der Waals surface area (Å²) < 4.78 is 9.96. The molecule has 316 valence electrons. The first-order chi connectivity index (χ1) is 33.6. The summed E-state index contributed by atoms with van der Waals surface area (Å²) in [5.41, 5.74) is 8.49. The van der Waals surface area contributed by atoms with Crippen molar-refractivity contribution in [1.82, 2.24) is 19.5 Å². The van der Waals surface area contributed by atoms with Crippen molar-refractivity contribution >= 4 is 127 Å². The molecular weight excluding hydrogens is 885 g/mol. The summed E-state index contributed by atoms with van der Waals surface area (Å²) in [4.78, 5) is 16.0. The average Bonchev–Trinajstić information content (AvgIpc) is 4.16. The maximum atomic E-state index is 5.38. The molecule has 4 nitrogen and oxygen atoms in total. The Kier molecular flexibility index (Phi) is 8.24. The van der Waals surface area contributed by atoms with Crippen LogP contribution in [-0.4, -0.2) is 19.5 Å². The SMILES string of the molecule is c1ccc2cc3c(cc2c1)c1ccccc1n3-c1ccc(-c2nc(-c3ccc4c(c3)sc3ccccc34)nc(-c3ccc4c(c3)sc3ccccc34)n2)cc1-c1ccc2c(c1)sc1ccccc12. The molecule has 0 radical (unpaired) electrons. The highest BCUT2D eigenvalue weighted by Gasteiger charge is 2.21. The number of benzene rings is 10. The van der Waals surface area contributed by atoms with Crippen molar-refractivity contribution in [3.63, 3.8) is 0 Å².